The lowest BCUT2D eigenvalue weighted by molar-refractivity contribution is -0.135. The van der Waals surface area contributed by atoms with Gasteiger partial charge in [-0.3, -0.25) is 4.79 Å². The molecule has 0 fully saturated rings. The quantitative estimate of drug-likeness (QED) is 0.529. The van der Waals surface area contributed by atoms with Crippen molar-refractivity contribution in [1.82, 2.24) is 15.1 Å². The summed E-state index contributed by atoms with van der Waals surface area (Å²) in [5, 5.41) is 5.02. The van der Waals surface area contributed by atoms with E-state index in [4.69, 9.17) is 4.74 Å². The Morgan fingerprint density at radius 2 is 2.06 bits per heavy atom. The average molecular weight is 472 g/mol. The fourth-order valence-corrected chi connectivity index (χ4v) is 4.95. The number of nitrogens with one attached hydrogen (secondary N) is 1. The number of hydrogen-bond acceptors (Lipinski definition) is 4. The first-order valence-corrected chi connectivity index (χ1v) is 12.9. The molecule has 3 amide bonds. The number of para-hydroxylation sites is 1. The van der Waals surface area contributed by atoms with E-state index >= 15 is 0 Å². The molecule has 0 saturated heterocycles. The molecule has 7 heteroatoms. The molecule has 0 aliphatic carbocycles. The molecule has 1 aromatic carbocycles. The molecule has 0 saturated carbocycles. The number of rotatable bonds is 10. The van der Waals surface area contributed by atoms with Crippen LogP contribution in [0.5, 0.6) is 5.75 Å². The van der Waals surface area contributed by atoms with Crippen LogP contribution in [0, 0.1) is 12.8 Å². The molecule has 1 aliphatic heterocycles. The third kappa shape index (κ3) is 6.73. The number of fused-ring (bicyclic) bond motifs is 1. The van der Waals surface area contributed by atoms with E-state index in [1.54, 1.807) is 16.2 Å². The third-order valence-corrected chi connectivity index (χ3v) is 7.02. The summed E-state index contributed by atoms with van der Waals surface area (Å²) in [5.74, 6) is 1.27. The Morgan fingerprint density at radius 1 is 1.27 bits per heavy atom. The van der Waals surface area contributed by atoms with Crippen LogP contribution in [-0.2, 0) is 11.2 Å². The van der Waals surface area contributed by atoms with Crippen molar-refractivity contribution in [2.24, 2.45) is 5.92 Å². The molecule has 2 heterocycles. The summed E-state index contributed by atoms with van der Waals surface area (Å²) < 4.78 is 6.19. The van der Waals surface area contributed by atoms with Crippen molar-refractivity contribution in [2.75, 3.05) is 32.8 Å². The Balaban J connectivity index is 1.75. The minimum atomic E-state index is -0.160. The Morgan fingerprint density at radius 3 is 2.79 bits per heavy atom. The number of amides is 3. The van der Waals surface area contributed by atoms with Gasteiger partial charge in [0.15, 0.2) is 0 Å². The summed E-state index contributed by atoms with van der Waals surface area (Å²) in [6, 6.07) is 9.73. The summed E-state index contributed by atoms with van der Waals surface area (Å²) in [7, 11) is 0. The molecule has 1 aromatic heterocycles. The lowest BCUT2D eigenvalue weighted by atomic mass is 10.00. The number of aryl methyl sites for hydroxylation is 1. The average Bonchev–Trinajstić information content (AvgIpc) is 3.28. The Labute approximate surface area is 201 Å². The number of carbonyl (C=O) groups excluding carboxylic acids is 2. The van der Waals surface area contributed by atoms with E-state index in [1.807, 2.05) is 43.0 Å². The van der Waals surface area contributed by atoms with Crippen molar-refractivity contribution in [2.45, 2.75) is 53.0 Å². The molecule has 1 atom stereocenters. The van der Waals surface area contributed by atoms with Crippen molar-refractivity contribution in [3.8, 4) is 5.75 Å². The Kier molecular flexibility index (Phi) is 9.18. The van der Waals surface area contributed by atoms with E-state index in [0.29, 0.717) is 32.2 Å². The lowest BCUT2D eigenvalue weighted by Crippen LogP contribution is -2.50. The van der Waals surface area contributed by atoms with Gasteiger partial charge in [-0.1, -0.05) is 39.0 Å². The first-order valence-electron chi connectivity index (χ1n) is 12.0. The molecule has 6 nitrogen and oxygen atoms in total. The second-order valence-electron chi connectivity index (χ2n) is 9.06. The maximum atomic E-state index is 13.5. The Bertz CT molecular complexity index is 927. The standard InChI is InChI=1S/C26H37N3O3S/c1-5-13-27-26(31)28(14-10-19(2)3)17-25(30)29-15-11-24-21(12-16-33-24)22(29)18-32-23-9-7-6-8-20(23)4/h6-9,12,16,19,22H,5,10-11,13-15,17-18H2,1-4H3,(H,27,31). The van der Waals surface area contributed by atoms with Gasteiger partial charge in [0.25, 0.3) is 0 Å². The SMILES string of the molecule is CCCNC(=O)N(CCC(C)C)CC(=O)N1CCc2sccc2C1COc1ccccc1C. The van der Waals surface area contributed by atoms with Crippen molar-refractivity contribution in [3.05, 3.63) is 51.7 Å². The molecule has 2 aromatic rings. The maximum absolute atomic E-state index is 13.5. The molecular formula is C26H37N3O3S. The zero-order valence-corrected chi connectivity index (χ0v) is 21.1. The molecule has 180 valence electrons. The highest BCUT2D eigenvalue weighted by Crippen LogP contribution is 2.34. The minimum Gasteiger partial charge on any atom is -0.491 e. The molecule has 1 aliphatic rings. The van der Waals surface area contributed by atoms with E-state index in [-0.39, 0.29) is 24.5 Å². The smallest absolute Gasteiger partial charge is 0.317 e. The first-order chi connectivity index (χ1) is 15.9. The molecule has 1 N–H and O–H groups in total. The van der Waals surface area contributed by atoms with E-state index in [9.17, 15) is 9.59 Å². The second-order valence-corrected chi connectivity index (χ2v) is 10.1. The number of nitrogens with zero attached hydrogens (tertiary/aromatic N) is 2. The van der Waals surface area contributed by atoms with Crippen LogP contribution in [0.1, 0.15) is 55.7 Å². The van der Waals surface area contributed by atoms with Crippen LogP contribution in [0.15, 0.2) is 35.7 Å². The van der Waals surface area contributed by atoms with Crippen molar-refractivity contribution < 1.29 is 14.3 Å². The summed E-state index contributed by atoms with van der Waals surface area (Å²) in [6.07, 6.45) is 2.57. The predicted octanol–water partition coefficient (Wildman–Crippen LogP) is 5.03. The van der Waals surface area contributed by atoms with Crippen LogP contribution in [0.4, 0.5) is 4.79 Å². The van der Waals surface area contributed by atoms with Crippen LogP contribution >= 0.6 is 11.3 Å². The van der Waals surface area contributed by atoms with Crippen LogP contribution in [0.2, 0.25) is 0 Å². The lowest BCUT2D eigenvalue weighted by Gasteiger charge is -2.37. The highest BCUT2D eigenvalue weighted by Gasteiger charge is 2.33. The number of ether oxygens (including phenoxy) is 1. The first kappa shape index (κ1) is 25.1. The predicted molar refractivity (Wildman–Crippen MR) is 134 cm³/mol. The van der Waals surface area contributed by atoms with Crippen molar-refractivity contribution >= 4 is 23.3 Å². The summed E-state index contributed by atoms with van der Waals surface area (Å²) in [4.78, 5) is 31.1. The normalized spacial score (nSPS) is 15.3. The van der Waals surface area contributed by atoms with Gasteiger partial charge < -0.3 is 19.9 Å². The van der Waals surface area contributed by atoms with Crippen LogP contribution in [0.3, 0.4) is 0 Å². The Hall–Kier alpha value is -2.54. The molecule has 0 radical (unpaired) electrons. The van der Waals surface area contributed by atoms with Crippen molar-refractivity contribution in [1.29, 1.82) is 0 Å². The molecular weight excluding hydrogens is 434 g/mol. The fraction of sp³-hybridized carbons (Fsp3) is 0.538. The summed E-state index contributed by atoms with van der Waals surface area (Å²) in [5.41, 5.74) is 2.24. The molecule has 0 spiro atoms. The van der Waals surface area contributed by atoms with Gasteiger partial charge in [0.05, 0.1) is 6.04 Å². The number of hydrogen-bond donors (Lipinski definition) is 1. The van der Waals surface area contributed by atoms with Crippen LogP contribution in [0.25, 0.3) is 0 Å². The van der Waals surface area contributed by atoms with Gasteiger partial charge in [0.2, 0.25) is 5.91 Å². The zero-order chi connectivity index (χ0) is 23.8. The number of urea groups is 1. The zero-order valence-electron chi connectivity index (χ0n) is 20.3. The van der Waals surface area contributed by atoms with Gasteiger partial charge >= 0.3 is 6.03 Å². The van der Waals surface area contributed by atoms with Gasteiger partial charge in [-0.25, -0.2) is 4.79 Å². The van der Waals surface area contributed by atoms with Crippen molar-refractivity contribution in [3.63, 3.8) is 0 Å². The van der Waals surface area contributed by atoms with Gasteiger partial charge in [-0.15, -0.1) is 11.3 Å². The molecule has 1 unspecified atom stereocenters. The minimum absolute atomic E-state index is 0.0272. The topological polar surface area (TPSA) is 61.9 Å². The molecule has 33 heavy (non-hydrogen) atoms. The second kappa shape index (κ2) is 12.1. The van der Waals surface area contributed by atoms with E-state index in [2.05, 4.69) is 30.6 Å². The van der Waals surface area contributed by atoms with Gasteiger partial charge in [-0.05, 0) is 60.7 Å². The van der Waals surface area contributed by atoms with Crippen LogP contribution < -0.4 is 10.1 Å². The molecule has 3 rings (SSSR count). The highest BCUT2D eigenvalue weighted by molar-refractivity contribution is 7.10. The number of carbonyl (C=O) groups is 2. The van der Waals surface area contributed by atoms with Gasteiger partial charge in [0, 0.05) is 24.5 Å². The fourth-order valence-electron chi connectivity index (χ4n) is 4.03. The maximum Gasteiger partial charge on any atom is 0.317 e. The molecule has 0 bridgehead atoms. The largest absolute Gasteiger partial charge is 0.491 e. The number of thiophene rings is 1. The summed E-state index contributed by atoms with van der Waals surface area (Å²) in [6.45, 7) is 10.6. The number of benzene rings is 1. The van der Waals surface area contributed by atoms with E-state index in [1.165, 1.54) is 4.88 Å². The van der Waals surface area contributed by atoms with E-state index in [0.717, 1.165) is 36.1 Å². The van der Waals surface area contributed by atoms with Crippen LogP contribution in [-0.4, -0.2) is 54.5 Å². The van der Waals surface area contributed by atoms with Gasteiger partial charge in [0.1, 0.15) is 18.9 Å². The van der Waals surface area contributed by atoms with E-state index < -0.39 is 0 Å². The monoisotopic (exact) mass is 471 g/mol. The third-order valence-electron chi connectivity index (χ3n) is 6.02. The van der Waals surface area contributed by atoms with Gasteiger partial charge in [-0.2, -0.15) is 0 Å². The highest BCUT2D eigenvalue weighted by atomic mass is 32.1. The summed E-state index contributed by atoms with van der Waals surface area (Å²) >= 11 is 1.74.